The number of nitrogen functional groups attached to an aromatic ring is 1. The Kier molecular flexibility index (Phi) is 7.80. The molecular weight excluding hydrogens is 549 g/mol. The lowest BCUT2D eigenvalue weighted by Gasteiger charge is -2.22. The molecular formula is C29H30FN5O5S. The van der Waals surface area contributed by atoms with Crippen molar-refractivity contribution in [3.63, 3.8) is 0 Å². The first kappa shape index (κ1) is 27.5. The number of benzene rings is 2. The van der Waals surface area contributed by atoms with Crippen LogP contribution in [0.15, 0.2) is 64.1 Å². The average Bonchev–Trinajstić information content (AvgIpc) is 3.70. The van der Waals surface area contributed by atoms with E-state index in [1.165, 1.54) is 12.3 Å². The number of halogens is 1. The summed E-state index contributed by atoms with van der Waals surface area (Å²) in [6.07, 6.45) is 3.41. The molecule has 6 rings (SSSR count). The maximum atomic E-state index is 15.0. The topological polar surface area (TPSA) is 142 Å². The summed E-state index contributed by atoms with van der Waals surface area (Å²) in [6.45, 7) is 2.84. The molecule has 0 saturated carbocycles. The Morgan fingerprint density at radius 3 is 2.49 bits per heavy atom. The van der Waals surface area contributed by atoms with Gasteiger partial charge in [-0.25, -0.2) is 22.8 Å². The first-order valence-electron chi connectivity index (χ1n) is 13.5. The van der Waals surface area contributed by atoms with Gasteiger partial charge in [0, 0.05) is 49.6 Å². The third-order valence-electron chi connectivity index (χ3n) is 7.46. The predicted molar refractivity (Wildman–Crippen MR) is 150 cm³/mol. The third-order valence-corrected chi connectivity index (χ3v) is 9.74. The van der Waals surface area contributed by atoms with Gasteiger partial charge >= 0.3 is 0 Å². The van der Waals surface area contributed by atoms with Crippen LogP contribution in [0.4, 0.5) is 10.2 Å². The number of anilines is 1. The number of nitrogens with two attached hydrogens (primary N) is 1. The molecule has 2 fully saturated rings. The van der Waals surface area contributed by atoms with Gasteiger partial charge in [0.05, 0.1) is 28.6 Å². The van der Waals surface area contributed by atoms with Gasteiger partial charge in [-0.2, -0.15) is 0 Å². The fourth-order valence-electron chi connectivity index (χ4n) is 5.06. The highest BCUT2D eigenvalue weighted by atomic mass is 32.2. The van der Waals surface area contributed by atoms with E-state index in [1.807, 2.05) is 6.07 Å². The van der Waals surface area contributed by atoms with Gasteiger partial charge in [0.2, 0.25) is 0 Å². The quantitative estimate of drug-likeness (QED) is 0.314. The zero-order valence-corrected chi connectivity index (χ0v) is 23.1. The summed E-state index contributed by atoms with van der Waals surface area (Å²) >= 11 is 0. The van der Waals surface area contributed by atoms with Crippen LogP contribution in [0, 0.1) is 5.82 Å². The van der Waals surface area contributed by atoms with Crippen LogP contribution >= 0.6 is 0 Å². The van der Waals surface area contributed by atoms with Gasteiger partial charge in [-0.05, 0) is 49.1 Å². The van der Waals surface area contributed by atoms with E-state index in [1.54, 1.807) is 36.4 Å². The SMILES string of the molecule is Nc1ncc(-c2ccc(S(=O)(=O)C3CCOCC3)cc2)nc1-c1cc(-c2ccc(CNC3CCOC3)cc2F)no1. The highest BCUT2D eigenvalue weighted by Crippen LogP contribution is 2.32. The summed E-state index contributed by atoms with van der Waals surface area (Å²) in [7, 11) is -3.45. The molecule has 0 bridgehead atoms. The van der Waals surface area contributed by atoms with E-state index in [0.717, 1.165) is 18.6 Å². The minimum Gasteiger partial charge on any atom is -0.382 e. The van der Waals surface area contributed by atoms with Crippen molar-refractivity contribution in [3.05, 3.63) is 66.1 Å². The largest absolute Gasteiger partial charge is 0.382 e. The Labute approximate surface area is 237 Å². The number of nitrogens with one attached hydrogen (secondary N) is 1. The van der Waals surface area contributed by atoms with E-state index < -0.39 is 20.9 Å². The van der Waals surface area contributed by atoms with E-state index in [9.17, 15) is 8.42 Å². The van der Waals surface area contributed by atoms with Gasteiger partial charge in [0.25, 0.3) is 0 Å². The molecule has 41 heavy (non-hydrogen) atoms. The number of ether oxygens (including phenoxy) is 2. The molecule has 2 aliphatic heterocycles. The molecule has 2 aromatic heterocycles. The smallest absolute Gasteiger partial charge is 0.189 e. The standard InChI is InChI=1S/C29H30FN5O5S/c30-24-13-18(15-32-20-7-10-39-17-20)1-6-23(24)25-14-27(40-35-25)28-29(31)33-16-26(34-28)19-2-4-21(5-3-19)41(36,37)22-8-11-38-12-9-22/h1-6,13-14,16,20,22,32H,7-12,15,17H2,(H2,31,33). The number of sulfone groups is 1. The van der Waals surface area contributed by atoms with E-state index in [0.29, 0.717) is 56.2 Å². The maximum absolute atomic E-state index is 15.0. The van der Waals surface area contributed by atoms with Gasteiger partial charge in [0.15, 0.2) is 27.1 Å². The highest BCUT2D eigenvalue weighted by molar-refractivity contribution is 7.92. The molecule has 4 heterocycles. The second kappa shape index (κ2) is 11.6. The number of hydrogen-bond acceptors (Lipinski definition) is 10. The van der Waals surface area contributed by atoms with E-state index in [2.05, 4.69) is 20.4 Å². The lowest BCUT2D eigenvalue weighted by molar-refractivity contribution is 0.0983. The average molecular weight is 580 g/mol. The van der Waals surface area contributed by atoms with Crippen molar-refractivity contribution in [3.8, 4) is 34.0 Å². The Morgan fingerprint density at radius 2 is 1.76 bits per heavy atom. The summed E-state index contributed by atoms with van der Waals surface area (Å²) in [5, 5.41) is 6.96. The normalized spacial score (nSPS) is 18.1. The maximum Gasteiger partial charge on any atom is 0.189 e. The van der Waals surface area contributed by atoms with Crippen molar-refractivity contribution in [2.75, 3.05) is 32.2 Å². The van der Waals surface area contributed by atoms with Crippen molar-refractivity contribution in [2.24, 2.45) is 0 Å². The number of nitrogens with zero attached hydrogens (tertiary/aromatic N) is 3. The minimum atomic E-state index is -3.45. The van der Waals surface area contributed by atoms with Crippen LogP contribution in [0.5, 0.6) is 0 Å². The van der Waals surface area contributed by atoms with Crippen LogP contribution in [0.2, 0.25) is 0 Å². The molecule has 2 saturated heterocycles. The zero-order chi connectivity index (χ0) is 28.4. The minimum absolute atomic E-state index is 0.118. The molecule has 2 aromatic carbocycles. The first-order chi connectivity index (χ1) is 19.9. The second-order valence-electron chi connectivity index (χ2n) is 10.2. The molecule has 0 amide bonds. The van der Waals surface area contributed by atoms with Crippen LogP contribution in [0.3, 0.4) is 0 Å². The zero-order valence-electron chi connectivity index (χ0n) is 22.3. The lowest BCUT2D eigenvalue weighted by Crippen LogP contribution is -2.28. The van der Waals surface area contributed by atoms with Gasteiger partial charge in [-0.3, -0.25) is 0 Å². The molecule has 12 heteroatoms. The Hall–Kier alpha value is -3.71. The van der Waals surface area contributed by atoms with Gasteiger partial charge in [-0.1, -0.05) is 23.4 Å². The molecule has 214 valence electrons. The van der Waals surface area contributed by atoms with Crippen LogP contribution in [-0.2, 0) is 25.9 Å². The van der Waals surface area contributed by atoms with Crippen molar-refractivity contribution in [1.29, 1.82) is 0 Å². The molecule has 0 aliphatic carbocycles. The summed E-state index contributed by atoms with van der Waals surface area (Å²) in [5.41, 5.74) is 8.89. The van der Waals surface area contributed by atoms with Gasteiger partial charge in [0.1, 0.15) is 11.5 Å². The van der Waals surface area contributed by atoms with Crippen LogP contribution in [0.25, 0.3) is 34.0 Å². The van der Waals surface area contributed by atoms with Crippen molar-refractivity contribution in [2.45, 2.75) is 42.0 Å². The summed E-state index contributed by atoms with van der Waals surface area (Å²) < 4.78 is 57.2. The fourth-order valence-corrected chi connectivity index (χ4v) is 6.77. The lowest BCUT2D eigenvalue weighted by atomic mass is 10.1. The monoisotopic (exact) mass is 579 g/mol. The molecule has 10 nitrogen and oxygen atoms in total. The number of rotatable bonds is 8. The number of aromatic nitrogens is 3. The van der Waals surface area contributed by atoms with E-state index in [-0.39, 0.29) is 33.8 Å². The third kappa shape index (κ3) is 5.87. The van der Waals surface area contributed by atoms with Crippen LogP contribution in [0.1, 0.15) is 24.8 Å². The Balaban J connectivity index is 1.20. The molecule has 1 atom stereocenters. The van der Waals surface area contributed by atoms with Crippen LogP contribution < -0.4 is 11.1 Å². The predicted octanol–water partition coefficient (Wildman–Crippen LogP) is 4.02. The molecule has 2 aliphatic rings. The molecule has 4 aromatic rings. The van der Waals surface area contributed by atoms with Gasteiger partial charge in [-0.15, -0.1) is 0 Å². The molecule has 3 N–H and O–H groups in total. The van der Waals surface area contributed by atoms with E-state index >= 15 is 4.39 Å². The fraction of sp³-hybridized carbons (Fsp3) is 0.345. The summed E-state index contributed by atoms with van der Waals surface area (Å²) in [4.78, 5) is 9.10. The molecule has 0 spiro atoms. The van der Waals surface area contributed by atoms with Crippen molar-refractivity contribution in [1.82, 2.24) is 20.4 Å². The molecule has 0 radical (unpaired) electrons. The highest BCUT2D eigenvalue weighted by Gasteiger charge is 2.29. The Morgan fingerprint density at radius 1 is 0.976 bits per heavy atom. The molecule has 1 unspecified atom stereocenters. The Bertz CT molecular complexity index is 1630. The van der Waals surface area contributed by atoms with Crippen LogP contribution in [-0.4, -0.2) is 61.3 Å². The van der Waals surface area contributed by atoms with E-state index in [4.69, 9.17) is 19.7 Å². The van der Waals surface area contributed by atoms with Gasteiger partial charge < -0.3 is 25.0 Å². The van der Waals surface area contributed by atoms with Crippen molar-refractivity contribution >= 4 is 15.7 Å². The number of hydrogen-bond donors (Lipinski definition) is 2. The first-order valence-corrected chi connectivity index (χ1v) is 15.0. The second-order valence-corrected chi connectivity index (χ2v) is 12.4. The summed E-state index contributed by atoms with van der Waals surface area (Å²) in [6, 6.07) is 13.4. The van der Waals surface area contributed by atoms with Crippen molar-refractivity contribution < 1.29 is 26.8 Å². The summed E-state index contributed by atoms with van der Waals surface area (Å²) in [5.74, 6) is -0.0692.